The molecule has 1 amide bonds. The molecule has 0 aromatic heterocycles. The van der Waals surface area contributed by atoms with Crippen LogP contribution in [-0.2, 0) is 9.63 Å². The summed E-state index contributed by atoms with van der Waals surface area (Å²) in [6, 6.07) is 23.4. The average molecular weight is 426 g/mol. The first-order chi connectivity index (χ1) is 15.6. The van der Waals surface area contributed by atoms with E-state index in [4.69, 9.17) is 9.57 Å². The lowest BCUT2D eigenvalue weighted by molar-refractivity contribution is -0.114. The molecule has 0 saturated heterocycles. The van der Waals surface area contributed by atoms with Gasteiger partial charge in [-0.3, -0.25) is 14.5 Å². The predicted molar refractivity (Wildman–Crippen MR) is 123 cm³/mol. The Labute approximate surface area is 186 Å². The zero-order valence-electron chi connectivity index (χ0n) is 17.8. The van der Waals surface area contributed by atoms with Crippen LogP contribution in [0.15, 0.2) is 95.7 Å². The number of nitrogens with zero attached hydrogens (tertiary/aromatic N) is 2. The minimum Gasteiger partial charge on any atom is -0.497 e. The van der Waals surface area contributed by atoms with Crippen LogP contribution in [0.2, 0.25) is 0 Å². The molecule has 0 radical (unpaired) electrons. The normalized spacial score (nSPS) is 15.7. The molecule has 0 saturated carbocycles. The zero-order chi connectivity index (χ0) is 22.5. The molecule has 32 heavy (non-hydrogen) atoms. The van der Waals surface area contributed by atoms with E-state index in [2.05, 4.69) is 5.16 Å². The van der Waals surface area contributed by atoms with Crippen LogP contribution in [-0.4, -0.2) is 32.1 Å². The Kier molecular flexibility index (Phi) is 6.12. The van der Waals surface area contributed by atoms with E-state index < -0.39 is 0 Å². The highest BCUT2D eigenvalue weighted by molar-refractivity contribution is 6.31. The van der Waals surface area contributed by atoms with Gasteiger partial charge in [0.2, 0.25) is 0 Å². The van der Waals surface area contributed by atoms with Crippen molar-refractivity contribution in [2.45, 2.75) is 6.04 Å². The van der Waals surface area contributed by atoms with Crippen LogP contribution in [0, 0.1) is 0 Å². The van der Waals surface area contributed by atoms with E-state index >= 15 is 0 Å². The zero-order valence-corrected chi connectivity index (χ0v) is 17.8. The fourth-order valence-corrected chi connectivity index (χ4v) is 3.64. The summed E-state index contributed by atoms with van der Waals surface area (Å²) in [4.78, 5) is 33.0. The van der Waals surface area contributed by atoms with E-state index in [0.717, 1.165) is 11.1 Å². The molecule has 0 spiro atoms. The van der Waals surface area contributed by atoms with Crippen molar-refractivity contribution in [2.24, 2.45) is 5.16 Å². The van der Waals surface area contributed by atoms with Gasteiger partial charge < -0.3 is 9.57 Å². The van der Waals surface area contributed by atoms with Crippen LogP contribution >= 0.6 is 0 Å². The van der Waals surface area contributed by atoms with Gasteiger partial charge in [0.1, 0.15) is 12.9 Å². The highest BCUT2D eigenvalue weighted by atomic mass is 16.6. The lowest BCUT2D eigenvalue weighted by Gasteiger charge is -2.25. The van der Waals surface area contributed by atoms with Crippen molar-refractivity contribution in [3.8, 4) is 5.75 Å². The molecular weight excluding hydrogens is 404 g/mol. The Morgan fingerprint density at radius 2 is 1.62 bits per heavy atom. The predicted octanol–water partition coefficient (Wildman–Crippen LogP) is 4.57. The number of amides is 1. The van der Waals surface area contributed by atoms with Gasteiger partial charge >= 0.3 is 0 Å². The van der Waals surface area contributed by atoms with Gasteiger partial charge in [0.25, 0.3) is 5.91 Å². The minimum absolute atomic E-state index is 0.147. The maximum Gasteiger partial charge on any atom is 0.262 e. The molecule has 6 nitrogen and oxygen atoms in total. The van der Waals surface area contributed by atoms with E-state index in [-0.39, 0.29) is 23.3 Å². The summed E-state index contributed by atoms with van der Waals surface area (Å²) in [5, 5.41) is 3.76. The molecule has 0 fully saturated rings. The standard InChI is InChI=1S/C26H22N2O4/c1-31-22-14-10-20(11-15-22)25(29)23-16-24(19-6-4-3-5-7-19)28(26(23)30)21-12-8-18(9-13-21)17-27-32-2/h3-17,24H,1-2H3. The van der Waals surface area contributed by atoms with Crippen molar-refractivity contribution in [3.63, 3.8) is 0 Å². The first kappa shape index (κ1) is 21.1. The number of anilines is 1. The van der Waals surface area contributed by atoms with Gasteiger partial charge in [0.15, 0.2) is 5.78 Å². The number of ether oxygens (including phenoxy) is 1. The van der Waals surface area contributed by atoms with E-state index in [1.165, 1.54) is 7.11 Å². The van der Waals surface area contributed by atoms with E-state index in [9.17, 15) is 9.59 Å². The highest BCUT2D eigenvalue weighted by Gasteiger charge is 2.37. The molecule has 1 aliphatic rings. The molecule has 0 bridgehead atoms. The fourth-order valence-electron chi connectivity index (χ4n) is 3.64. The summed E-state index contributed by atoms with van der Waals surface area (Å²) in [6.07, 6.45) is 3.33. The summed E-state index contributed by atoms with van der Waals surface area (Å²) in [7, 11) is 3.04. The number of carbonyl (C=O) groups is 2. The van der Waals surface area contributed by atoms with Crippen molar-refractivity contribution in [2.75, 3.05) is 19.1 Å². The van der Waals surface area contributed by atoms with Crippen molar-refractivity contribution >= 4 is 23.6 Å². The van der Waals surface area contributed by atoms with Crippen LogP contribution < -0.4 is 9.64 Å². The number of rotatable bonds is 7. The number of ketones is 1. The van der Waals surface area contributed by atoms with Gasteiger partial charge in [-0.1, -0.05) is 47.6 Å². The van der Waals surface area contributed by atoms with Crippen molar-refractivity contribution in [3.05, 3.63) is 107 Å². The highest BCUT2D eigenvalue weighted by Crippen LogP contribution is 2.36. The van der Waals surface area contributed by atoms with E-state index in [0.29, 0.717) is 17.0 Å². The third kappa shape index (κ3) is 4.16. The first-order valence-electron chi connectivity index (χ1n) is 10.1. The molecule has 0 N–H and O–H groups in total. The smallest absolute Gasteiger partial charge is 0.262 e. The molecular formula is C26H22N2O4. The molecule has 1 heterocycles. The molecule has 160 valence electrons. The van der Waals surface area contributed by atoms with Crippen molar-refractivity contribution in [1.82, 2.24) is 0 Å². The number of Topliss-reactive ketones (excluding diaryl/α,β-unsaturated/α-hetero) is 1. The largest absolute Gasteiger partial charge is 0.497 e. The van der Waals surface area contributed by atoms with Crippen LogP contribution in [0.1, 0.15) is 27.5 Å². The summed E-state index contributed by atoms with van der Waals surface area (Å²) < 4.78 is 5.16. The number of methoxy groups -OCH3 is 1. The van der Waals surface area contributed by atoms with Crippen LogP contribution in [0.25, 0.3) is 0 Å². The van der Waals surface area contributed by atoms with Crippen LogP contribution in [0.4, 0.5) is 5.69 Å². The first-order valence-corrected chi connectivity index (χ1v) is 10.1. The SMILES string of the molecule is CON=Cc1ccc(N2C(=O)C(C(=O)c3ccc(OC)cc3)=CC2c2ccccc2)cc1. The average Bonchev–Trinajstić information content (AvgIpc) is 3.20. The van der Waals surface area contributed by atoms with Crippen LogP contribution in [0.3, 0.4) is 0 Å². The monoisotopic (exact) mass is 426 g/mol. The quantitative estimate of drug-likeness (QED) is 0.240. The lowest BCUT2D eigenvalue weighted by Crippen LogP contribution is -2.30. The minimum atomic E-state index is -0.389. The molecule has 1 unspecified atom stereocenters. The molecule has 6 heteroatoms. The van der Waals surface area contributed by atoms with Gasteiger partial charge in [-0.15, -0.1) is 0 Å². The fraction of sp³-hybridized carbons (Fsp3) is 0.115. The van der Waals surface area contributed by atoms with Gasteiger partial charge in [-0.05, 0) is 53.6 Å². The number of oxime groups is 1. The molecule has 0 aliphatic carbocycles. The van der Waals surface area contributed by atoms with Gasteiger partial charge in [-0.2, -0.15) is 0 Å². The van der Waals surface area contributed by atoms with Gasteiger partial charge in [0.05, 0.1) is 24.9 Å². The number of hydrogen-bond donors (Lipinski definition) is 0. The Bertz CT molecular complexity index is 1170. The Hall–Kier alpha value is -4.19. The third-order valence-electron chi connectivity index (χ3n) is 5.27. The molecule has 1 aliphatic heterocycles. The van der Waals surface area contributed by atoms with Crippen molar-refractivity contribution < 1.29 is 19.2 Å². The van der Waals surface area contributed by atoms with E-state index in [1.54, 1.807) is 48.6 Å². The lowest BCUT2D eigenvalue weighted by atomic mass is 10.0. The number of carbonyl (C=O) groups excluding carboxylic acids is 2. The number of benzene rings is 3. The summed E-state index contributed by atoms with van der Waals surface area (Å²) in [5.74, 6) is -0.00270. The second-order valence-electron chi connectivity index (χ2n) is 7.18. The Morgan fingerprint density at radius 1 is 0.938 bits per heavy atom. The second kappa shape index (κ2) is 9.31. The van der Waals surface area contributed by atoms with E-state index in [1.807, 2.05) is 54.6 Å². The molecule has 4 rings (SSSR count). The van der Waals surface area contributed by atoms with Crippen LogP contribution in [0.5, 0.6) is 5.75 Å². The second-order valence-corrected chi connectivity index (χ2v) is 7.18. The maximum absolute atomic E-state index is 13.5. The molecule has 1 atom stereocenters. The number of hydrogen-bond acceptors (Lipinski definition) is 5. The van der Waals surface area contributed by atoms with Crippen molar-refractivity contribution in [1.29, 1.82) is 0 Å². The molecule has 3 aromatic carbocycles. The maximum atomic E-state index is 13.5. The van der Waals surface area contributed by atoms with Gasteiger partial charge in [-0.25, -0.2) is 0 Å². The summed E-state index contributed by atoms with van der Waals surface area (Å²) >= 11 is 0. The Balaban J connectivity index is 1.70. The third-order valence-corrected chi connectivity index (χ3v) is 5.27. The summed E-state index contributed by atoms with van der Waals surface area (Å²) in [6.45, 7) is 0. The van der Waals surface area contributed by atoms with Gasteiger partial charge in [0, 0.05) is 11.3 Å². The molecule has 3 aromatic rings. The summed E-state index contributed by atoms with van der Waals surface area (Å²) in [5.41, 5.74) is 3.02. The Morgan fingerprint density at radius 3 is 2.25 bits per heavy atom. The topological polar surface area (TPSA) is 68.2 Å².